The third-order valence-corrected chi connectivity index (χ3v) is 12.5. The molecule has 0 spiro atoms. The summed E-state index contributed by atoms with van der Waals surface area (Å²) in [6.45, 7) is 2.76. The Morgan fingerprint density at radius 2 is 1.58 bits per heavy atom. The second-order valence-electron chi connectivity index (χ2n) is 15.8. The van der Waals surface area contributed by atoms with Crippen LogP contribution < -0.4 is 5.32 Å². The van der Waals surface area contributed by atoms with Crippen LogP contribution in [0, 0.1) is 11.7 Å². The highest BCUT2D eigenvalue weighted by atomic mass is 19.1. The van der Waals surface area contributed by atoms with Gasteiger partial charge < -0.3 is 20.2 Å². The predicted octanol–water partition coefficient (Wildman–Crippen LogP) is 9.01. The van der Waals surface area contributed by atoms with Gasteiger partial charge in [0.15, 0.2) is 0 Å². The van der Waals surface area contributed by atoms with E-state index in [1.807, 2.05) is 12.3 Å². The monoisotopic (exact) mass is 707 g/mol. The average molecular weight is 708 g/mol. The number of hydrogen-bond donors (Lipinski definition) is 3. The van der Waals surface area contributed by atoms with E-state index in [0.717, 1.165) is 115 Å². The summed E-state index contributed by atoms with van der Waals surface area (Å²) in [7, 11) is 0. The largest absolute Gasteiger partial charge is 0.341 e. The van der Waals surface area contributed by atoms with Gasteiger partial charge in [-0.2, -0.15) is 0 Å². The molecule has 0 bridgehead atoms. The van der Waals surface area contributed by atoms with Crippen molar-refractivity contribution in [2.75, 3.05) is 19.6 Å². The lowest BCUT2D eigenvalue weighted by molar-refractivity contribution is -0.141. The van der Waals surface area contributed by atoms with E-state index in [4.69, 9.17) is 4.98 Å². The summed E-state index contributed by atoms with van der Waals surface area (Å²) in [5.41, 5.74) is 7.08. The third kappa shape index (κ3) is 6.04. The molecule has 10 rings (SSSR count). The van der Waals surface area contributed by atoms with Gasteiger partial charge in [0, 0.05) is 11.6 Å². The zero-order valence-corrected chi connectivity index (χ0v) is 30.0. The molecule has 4 aromatic carbocycles. The van der Waals surface area contributed by atoms with Crippen molar-refractivity contribution in [1.82, 2.24) is 35.1 Å². The summed E-state index contributed by atoms with van der Waals surface area (Å²) in [4.78, 5) is 36.4. The highest BCUT2D eigenvalue weighted by Crippen LogP contribution is 2.48. The lowest BCUT2D eigenvalue weighted by Crippen LogP contribution is -2.47. The minimum atomic E-state index is -0.484. The number of aromatic amines is 2. The number of amides is 1. The van der Waals surface area contributed by atoms with Crippen LogP contribution in [-0.4, -0.2) is 61.3 Å². The third-order valence-electron chi connectivity index (χ3n) is 12.5. The Bertz CT molecular complexity index is 2300. The number of benzene rings is 4. The first-order valence-electron chi connectivity index (χ1n) is 19.7. The highest BCUT2D eigenvalue weighted by molar-refractivity contribution is 5.92. The topological polar surface area (TPSA) is 92.9 Å². The van der Waals surface area contributed by atoms with Crippen LogP contribution in [0.25, 0.3) is 44.2 Å². The quantitative estimate of drug-likeness (QED) is 0.154. The summed E-state index contributed by atoms with van der Waals surface area (Å²) < 4.78 is 14.6. The van der Waals surface area contributed by atoms with Crippen molar-refractivity contribution in [3.05, 3.63) is 108 Å². The second-order valence-corrected chi connectivity index (χ2v) is 15.8. The SMILES string of the molecule is O=C([C@@H](c1cccc(F)c1)N1CCCC1)N1C2CCCCC2C[C@H]1c1nc2ccc(-c3ccc4cc(-c5cnc([C@@H]6CCCN6)[nH]5)ccc4c3)cc2[nH]1. The first kappa shape index (κ1) is 32.8. The van der Waals surface area contributed by atoms with E-state index < -0.39 is 6.04 Å². The van der Waals surface area contributed by atoms with Crippen molar-refractivity contribution in [3.8, 4) is 22.4 Å². The second kappa shape index (κ2) is 13.5. The van der Waals surface area contributed by atoms with E-state index in [9.17, 15) is 9.18 Å². The van der Waals surface area contributed by atoms with Gasteiger partial charge in [-0.15, -0.1) is 0 Å². The zero-order chi connectivity index (χ0) is 35.5. The average Bonchev–Trinajstić information content (AvgIpc) is 4.03. The predicted molar refractivity (Wildman–Crippen MR) is 206 cm³/mol. The summed E-state index contributed by atoms with van der Waals surface area (Å²) >= 11 is 0. The van der Waals surface area contributed by atoms with Gasteiger partial charge >= 0.3 is 0 Å². The molecular weight excluding hydrogens is 662 g/mol. The number of fused-ring (bicyclic) bond motifs is 3. The molecule has 4 aliphatic rings. The van der Waals surface area contributed by atoms with E-state index in [1.54, 1.807) is 12.1 Å². The lowest BCUT2D eigenvalue weighted by Gasteiger charge is -2.38. The van der Waals surface area contributed by atoms with Crippen LogP contribution in [-0.2, 0) is 4.79 Å². The maximum absolute atomic E-state index is 14.9. The maximum atomic E-state index is 14.9. The summed E-state index contributed by atoms with van der Waals surface area (Å²) in [6, 6.07) is 26.2. The molecule has 5 heterocycles. The standard InChI is InChI=1S/C44H46FN7O/c45-34-9-5-8-33(23-34)41(51-19-3-4-20-51)44(53)52-39-11-2-1-7-32(39)25-40(52)43-48-35-17-16-30(24-37(35)49-43)28-12-13-29-22-31(15-14-27(29)21-28)38-26-47-42(50-38)36-10-6-18-46-36/h5,8-9,12-17,21-24,26,32,36,39-41,46H,1-4,6-7,10-11,18-20,25H2,(H,47,50)(H,48,49)/t32?,36-,39?,40-,41+/m0/s1. The van der Waals surface area contributed by atoms with Crippen LogP contribution in [0.4, 0.5) is 4.39 Å². The van der Waals surface area contributed by atoms with Gasteiger partial charge in [-0.1, -0.05) is 55.3 Å². The molecule has 1 saturated carbocycles. The van der Waals surface area contributed by atoms with Crippen LogP contribution in [0.5, 0.6) is 0 Å². The van der Waals surface area contributed by atoms with Gasteiger partial charge in [0.1, 0.15) is 23.5 Å². The smallest absolute Gasteiger partial charge is 0.245 e. The molecular formula is C44H46FN7O. The fourth-order valence-electron chi connectivity index (χ4n) is 9.89. The molecule has 1 aliphatic carbocycles. The molecule has 3 saturated heterocycles. The number of rotatable bonds is 7. The van der Waals surface area contributed by atoms with Crippen molar-refractivity contribution in [1.29, 1.82) is 0 Å². The number of halogens is 1. The number of nitrogens with zero attached hydrogens (tertiary/aromatic N) is 4. The fraction of sp³-hybridized carbons (Fsp3) is 0.386. The fourth-order valence-corrected chi connectivity index (χ4v) is 9.89. The molecule has 5 atom stereocenters. The van der Waals surface area contributed by atoms with Gasteiger partial charge in [-0.25, -0.2) is 14.4 Å². The molecule has 3 aliphatic heterocycles. The first-order chi connectivity index (χ1) is 26.1. The van der Waals surface area contributed by atoms with Crippen LogP contribution in [0.3, 0.4) is 0 Å². The molecule has 53 heavy (non-hydrogen) atoms. The van der Waals surface area contributed by atoms with E-state index in [1.165, 1.54) is 29.7 Å². The van der Waals surface area contributed by atoms with Crippen molar-refractivity contribution >= 4 is 27.7 Å². The number of nitrogens with one attached hydrogen (secondary N) is 3. The summed E-state index contributed by atoms with van der Waals surface area (Å²) in [5, 5.41) is 5.89. The number of hydrogen-bond acceptors (Lipinski definition) is 5. The summed E-state index contributed by atoms with van der Waals surface area (Å²) in [5.74, 6) is 2.13. The zero-order valence-electron chi connectivity index (χ0n) is 30.0. The Morgan fingerprint density at radius 3 is 2.42 bits per heavy atom. The molecule has 1 amide bonds. The molecule has 270 valence electrons. The van der Waals surface area contributed by atoms with E-state index >= 15 is 0 Å². The van der Waals surface area contributed by atoms with Crippen LogP contribution in [0.1, 0.15) is 93.1 Å². The number of aromatic nitrogens is 4. The lowest BCUT2D eigenvalue weighted by atomic mass is 9.84. The molecule has 8 nitrogen and oxygen atoms in total. The normalized spacial score (nSPS) is 24.0. The molecule has 6 aromatic rings. The van der Waals surface area contributed by atoms with E-state index in [-0.39, 0.29) is 23.8 Å². The minimum Gasteiger partial charge on any atom is -0.341 e. The Balaban J connectivity index is 0.946. The van der Waals surface area contributed by atoms with Gasteiger partial charge in [0.05, 0.1) is 35.0 Å². The molecule has 2 unspecified atom stereocenters. The highest BCUT2D eigenvalue weighted by Gasteiger charge is 2.49. The summed E-state index contributed by atoms with van der Waals surface area (Å²) in [6.07, 6.45) is 11.8. The van der Waals surface area contributed by atoms with Gasteiger partial charge in [-0.05, 0) is 134 Å². The number of imidazole rings is 2. The van der Waals surface area contributed by atoms with Crippen LogP contribution in [0.2, 0.25) is 0 Å². The Morgan fingerprint density at radius 1 is 0.792 bits per heavy atom. The molecule has 0 radical (unpaired) electrons. The number of H-pyrrole nitrogens is 2. The molecule has 9 heteroatoms. The molecule has 4 fully saturated rings. The Kier molecular flexibility index (Phi) is 8.36. The minimum absolute atomic E-state index is 0.0937. The number of carbonyl (C=O) groups is 1. The van der Waals surface area contributed by atoms with Crippen LogP contribution >= 0.6 is 0 Å². The number of carbonyl (C=O) groups excluding carboxylic acids is 1. The molecule has 3 N–H and O–H groups in total. The maximum Gasteiger partial charge on any atom is 0.245 e. The van der Waals surface area contributed by atoms with Gasteiger partial charge in [0.2, 0.25) is 5.91 Å². The van der Waals surface area contributed by atoms with Crippen LogP contribution in [0.15, 0.2) is 85.1 Å². The van der Waals surface area contributed by atoms with E-state index in [0.29, 0.717) is 12.0 Å². The van der Waals surface area contributed by atoms with Crippen molar-refractivity contribution in [2.45, 2.75) is 82.0 Å². The first-order valence-corrected chi connectivity index (χ1v) is 19.7. The number of likely N-dealkylation sites (tertiary alicyclic amines) is 2. The van der Waals surface area contributed by atoms with Crippen molar-refractivity contribution < 1.29 is 9.18 Å². The Labute approximate surface area is 309 Å². The van der Waals surface area contributed by atoms with Crippen molar-refractivity contribution in [3.63, 3.8) is 0 Å². The van der Waals surface area contributed by atoms with Crippen molar-refractivity contribution in [2.24, 2.45) is 5.92 Å². The van der Waals surface area contributed by atoms with Gasteiger partial charge in [0.25, 0.3) is 0 Å². The molecule has 2 aromatic heterocycles. The van der Waals surface area contributed by atoms with Gasteiger partial charge in [-0.3, -0.25) is 9.69 Å². The van der Waals surface area contributed by atoms with E-state index in [2.05, 4.69) is 84.7 Å². The Hall–Kier alpha value is -4.86.